The van der Waals surface area contributed by atoms with Gasteiger partial charge in [0.1, 0.15) is 11.4 Å². The van der Waals surface area contributed by atoms with E-state index in [1.165, 1.54) is 21.0 Å². The molecule has 6 heteroatoms. The second kappa shape index (κ2) is 8.29. The Morgan fingerprint density at radius 3 is 2.25 bits per heavy atom. The van der Waals surface area contributed by atoms with E-state index in [0.29, 0.717) is 5.75 Å². The lowest BCUT2D eigenvalue weighted by Gasteiger charge is -2.16. The lowest BCUT2D eigenvalue weighted by Crippen LogP contribution is -2.25. The molecule has 0 aliphatic heterocycles. The van der Waals surface area contributed by atoms with E-state index < -0.39 is 11.9 Å². The quantitative estimate of drug-likeness (QED) is 0.509. The highest BCUT2D eigenvalue weighted by molar-refractivity contribution is 5.97. The molecule has 0 fully saturated rings. The van der Waals surface area contributed by atoms with E-state index >= 15 is 0 Å². The zero-order chi connectivity index (χ0) is 18.4. The van der Waals surface area contributed by atoms with Gasteiger partial charge >= 0.3 is 11.9 Å². The van der Waals surface area contributed by atoms with E-state index in [2.05, 4.69) is 5.32 Å². The van der Waals surface area contributed by atoms with Crippen molar-refractivity contribution in [2.24, 2.45) is 0 Å². The van der Waals surface area contributed by atoms with Crippen LogP contribution in [0, 0.1) is 6.92 Å². The van der Waals surface area contributed by atoms with Crippen molar-refractivity contribution in [2.45, 2.75) is 40.5 Å². The van der Waals surface area contributed by atoms with Crippen LogP contribution in [-0.4, -0.2) is 25.0 Å². The molecule has 0 atom stereocenters. The number of carbonyl (C=O) groups is 3. The van der Waals surface area contributed by atoms with E-state index in [1.54, 1.807) is 18.2 Å². The molecule has 130 valence electrons. The van der Waals surface area contributed by atoms with Crippen LogP contribution in [0.4, 0.5) is 0 Å². The minimum Gasteiger partial charge on any atom is -0.464 e. The SMILES string of the molecule is COC(=O)/C(=C\c1c(C)cc(OC(C)=O)cc1C(C)C)NC(C)=O. The van der Waals surface area contributed by atoms with Gasteiger partial charge in [-0.15, -0.1) is 0 Å². The van der Waals surface area contributed by atoms with Crippen LogP contribution >= 0.6 is 0 Å². The Hall–Kier alpha value is -2.63. The monoisotopic (exact) mass is 333 g/mol. The summed E-state index contributed by atoms with van der Waals surface area (Å²) >= 11 is 0. The van der Waals surface area contributed by atoms with Gasteiger partial charge in [-0.3, -0.25) is 9.59 Å². The third kappa shape index (κ3) is 5.22. The molecular weight excluding hydrogens is 310 g/mol. The van der Waals surface area contributed by atoms with Gasteiger partial charge < -0.3 is 14.8 Å². The lowest BCUT2D eigenvalue weighted by atomic mass is 9.92. The molecule has 0 saturated carbocycles. The third-order valence-corrected chi connectivity index (χ3v) is 3.28. The van der Waals surface area contributed by atoms with Gasteiger partial charge in [-0.1, -0.05) is 13.8 Å². The van der Waals surface area contributed by atoms with Gasteiger partial charge in [0, 0.05) is 13.8 Å². The van der Waals surface area contributed by atoms with E-state index in [1.807, 2.05) is 20.8 Å². The summed E-state index contributed by atoms with van der Waals surface area (Å²) in [5.41, 5.74) is 2.52. The summed E-state index contributed by atoms with van der Waals surface area (Å²) in [6.07, 6.45) is 1.58. The van der Waals surface area contributed by atoms with Crippen molar-refractivity contribution in [2.75, 3.05) is 7.11 Å². The molecule has 0 saturated heterocycles. The molecule has 0 radical (unpaired) electrons. The number of benzene rings is 1. The van der Waals surface area contributed by atoms with Crippen molar-refractivity contribution in [1.29, 1.82) is 0 Å². The van der Waals surface area contributed by atoms with Crippen molar-refractivity contribution in [3.05, 3.63) is 34.5 Å². The van der Waals surface area contributed by atoms with Gasteiger partial charge in [0.2, 0.25) is 5.91 Å². The zero-order valence-electron chi connectivity index (χ0n) is 14.9. The Morgan fingerprint density at radius 2 is 1.79 bits per heavy atom. The van der Waals surface area contributed by atoms with Gasteiger partial charge in [0.15, 0.2) is 0 Å². The average molecular weight is 333 g/mol. The number of amides is 1. The second-order valence-corrected chi connectivity index (χ2v) is 5.72. The number of hydrogen-bond donors (Lipinski definition) is 1. The Kier molecular flexibility index (Phi) is 6.70. The first kappa shape index (κ1) is 19.4. The Labute approximate surface area is 141 Å². The first-order valence-corrected chi connectivity index (χ1v) is 7.56. The van der Waals surface area contributed by atoms with Crippen LogP contribution in [0.1, 0.15) is 50.3 Å². The van der Waals surface area contributed by atoms with Crippen LogP contribution in [0.25, 0.3) is 6.08 Å². The molecule has 6 nitrogen and oxygen atoms in total. The third-order valence-electron chi connectivity index (χ3n) is 3.28. The fourth-order valence-electron chi connectivity index (χ4n) is 2.28. The van der Waals surface area contributed by atoms with Crippen LogP contribution in [0.15, 0.2) is 17.8 Å². The Morgan fingerprint density at radius 1 is 1.17 bits per heavy atom. The fourth-order valence-corrected chi connectivity index (χ4v) is 2.28. The van der Waals surface area contributed by atoms with Crippen molar-refractivity contribution in [3.63, 3.8) is 0 Å². The highest BCUT2D eigenvalue weighted by Crippen LogP contribution is 2.30. The van der Waals surface area contributed by atoms with Crippen LogP contribution in [0.5, 0.6) is 5.75 Å². The Bertz CT molecular complexity index is 689. The summed E-state index contributed by atoms with van der Waals surface area (Å²) in [5, 5.41) is 2.48. The van der Waals surface area contributed by atoms with Crippen molar-refractivity contribution in [3.8, 4) is 5.75 Å². The van der Waals surface area contributed by atoms with E-state index in [9.17, 15) is 14.4 Å². The molecule has 1 aromatic rings. The highest BCUT2D eigenvalue weighted by Gasteiger charge is 2.16. The molecule has 1 N–H and O–H groups in total. The normalized spacial score (nSPS) is 11.2. The van der Waals surface area contributed by atoms with Crippen molar-refractivity contribution < 1.29 is 23.9 Å². The number of rotatable bonds is 5. The number of esters is 2. The maximum atomic E-state index is 11.9. The molecule has 0 aliphatic carbocycles. The molecule has 24 heavy (non-hydrogen) atoms. The number of aryl methyl sites for hydroxylation is 1. The molecule has 0 aromatic heterocycles. The summed E-state index contributed by atoms with van der Waals surface area (Å²) < 4.78 is 9.87. The van der Waals surface area contributed by atoms with Gasteiger partial charge in [-0.25, -0.2) is 4.79 Å². The zero-order valence-corrected chi connectivity index (χ0v) is 14.9. The molecular formula is C18H23NO5. The van der Waals surface area contributed by atoms with Gasteiger partial charge in [-0.2, -0.15) is 0 Å². The summed E-state index contributed by atoms with van der Waals surface area (Å²) in [6, 6.07) is 3.47. The molecule has 0 aliphatic rings. The van der Waals surface area contributed by atoms with Crippen molar-refractivity contribution >= 4 is 23.9 Å². The minimum atomic E-state index is -0.636. The predicted molar refractivity (Wildman–Crippen MR) is 90.4 cm³/mol. The van der Waals surface area contributed by atoms with Gasteiger partial charge in [0.25, 0.3) is 0 Å². The summed E-state index contributed by atoms with van der Waals surface area (Å²) in [6.45, 7) is 8.47. The van der Waals surface area contributed by atoms with E-state index in [0.717, 1.165) is 16.7 Å². The average Bonchev–Trinajstić information content (AvgIpc) is 2.46. The molecule has 0 spiro atoms. The van der Waals surface area contributed by atoms with Crippen LogP contribution < -0.4 is 10.1 Å². The summed E-state index contributed by atoms with van der Waals surface area (Å²) in [7, 11) is 1.25. The smallest absolute Gasteiger partial charge is 0.354 e. The van der Waals surface area contributed by atoms with Crippen LogP contribution in [0.3, 0.4) is 0 Å². The minimum absolute atomic E-state index is 0.0511. The van der Waals surface area contributed by atoms with E-state index in [4.69, 9.17) is 9.47 Å². The Balaban J connectivity index is 3.49. The number of methoxy groups -OCH3 is 1. The molecule has 1 aromatic carbocycles. The van der Waals surface area contributed by atoms with Crippen molar-refractivity contribution in [1.82, 2.24) is 5.32 Å². The van der Waals surface area contributed by atoms with E-state index in [-0.39, 0.29) is 17.5 Å². The molecule has 0 bridgehead atoms. The topological polar surface area (TPSA) is 81.7 Å². The molecule has 0 unspecified atom stereocenters. The highest BCUT2D eigenvalue weighted by atomic mass is 16.5. The number of carbonyl (C=O) groups excluding carboxylic acids is 3. The lowest BCUT2D eigenvalue weighted by molar-refractivity contribution is -0.137. The predicted octanol–water partition coefficient (Wildman–Crippen LogP) is 2.69. The van der Waals surface area contributed by atoms with Gasteiger partial charge in [0.05, 0.1) is 7.11 Å². The largest absolute Gasteiger partial charge is 0.464 e. The van der Waals surface area contributed by atoms with Crippen LogP contribution in [0.2, 0.25) is 0 Å². The number of hydrogen-bond acceptors (Lipinski definition) is 5. The molecule has 0 heterocycles. The fraction of sp³-hybridized carbons (Fsp3) is 0.389. The molecule has 1 rings (SSSR count). The number of ether oxygens (including phenoxy) is 2. The van der Waals surface area contributed by atoms with Crippen LogP contribution in [-0.2, 0) is 19.1 Å². The van der Waals surface area contributed by atoms with Gasteiger partial charge in [-0.05, 0) is 47.7 Å². The summed E-state index contributed by atoms with van der Waals surface area (Å²) in [5.74, 6) is -0.849. The molecule has 1 amide bonds. The standard InChI is InChI=1S/C18H23NO5/c1-10(2)15-8-14(24-13(5)21)7-11(3)16(15)9-17(18(22)23-6)19-12(4)20/h7-10H,1-6H3,(H,19,20)/b17-9+. The summed E-state index contributed by atoms with van der Waals surface area (Å²) in [4.78, 5) is 34.4. The second-order valence-electron chi connectivity index (χ2n) is 5.72. The maximum Gasteiger partial charge on any atom is 0.354 e. The first-order valence-electron chi connectivity index (χ1n) is 7.56. The number of nitrogens with one attached hydrogen (secondary N) is 1. The maximum absolute atomic E-state index is 11.9. The first-order chi connectivity index (χ1) is 11.1.